The van der Waals surface area contributed by atoms with E-state index in [1.807, 2.05) is 0 Å². The maximum absolute atomic E-state index is 12.3. The first-order valence-corrected chi connectivity index (χ1v) is 5.26. The van der Waals surface area contributed by atoms with Crippen LogP contribution in [0.3, 0.4) is 0 Å². The van der Waals surface area contributed by atoms with Crippen LogP contribution in [0.2, 0.25) is 0 Å². The lowest BCUT2D eigenvalue weighted by molar-refractivity contribution is -0.140. The van der Waals surface area contributed by atoms with E-state index in [0.29, 0.717) is 5.56 Å². The molecular weight excluding hydrogens is 246 g/mol. The molecule has 0 saturated carbocycles. The van der Waals surface area contributed by atoms with E-state index in [1.165, 1.54) is 20.3 Å². The molecule has 0 radical (unpaired) electrons. The molecule has 1 aromatic rings. The van der Waals surface area contributed by atoms with E-state index >= 15 is 0 Å². The van der Waals surface area contributed by atoms with Gasteiger partial charge < -0.3 is 14.2 Å². The maximum Gasteiger partial charge on any atom is 0.387 e. The zero-order chi connectivity index (χ0) is 13.5. The Labute approximate surface area is 103 Å². The van der Waals surface area contributed by atoms with Crippen LogP contribution in [0, 0.1) is 0 Å². The van der Waals surface area contributed by atoms with Gasteiger partial charge in [0.2, 0.25) is 0 Å². The molecule has 0 spiro atoms. The molecule has 0 aromatic heterocycles. The molecular formula is C12H14F2O4. The Morgan fingerprint density at radius 1 is 1.33 bits per heavy atom. The van der Waals surface area contributed by atoms with Gasteiger partial charge in [-0.25, -0.2) is 0 Å². The van der Waals surface area contributed by atoms with E-state index in [-0.39, 0.29) is 24.3 Å². The summed E-state index contributed by atoms with van der Waals surface area (Å²) < 4.78 is 38.5. The van der Waals surface area contributed by atoms with Crippen molar-refractivity contribution in [3.63, 3.8) is 0 Å². The second kappa shape index (κ2) is 6.78. The lowest BCUT2D eigenvalue weighted by atomic mass is 10.1. The summed E-state index contributed by atoms with van der Waals surface area (Å²) in [6, 6.07) is 4.76. The van der Waals surface area contributed by atoms with E-state index in [9.17, 15) is 13.6 Å². The number of esters is 1. The Kier molecular flexibility index (Phi) is 5.35. The molecule has 0 unspecified atom stereocenters. The monoisotopic (exact) mass is 260 g/mol. The lowest BCUT2D eigenvalue weighted by Crippen LogP contribution is -2.08. The fraction of sp³-hybridized carbons (Fsp3) is 0.417. The summed E-state index contributed by atoms with van der Waals surface area (Å²) >= 11 is 0. The molecule has 1 aromatic carbocycles. The minimum Gasteiger partial charge on any atom is -0.493 e. The molecule has 0 bridgehead atoms. The summed E-state index contributed by atoms with van der Waals surface area (Å²) in [7, 11) is 2.63. The van der Waals surface area contributed by atoms with E-state index in [0.717, 1.165) is 0 Å². The minimum atomic E-state index is -2.95. The van der Waals surface area contributed by atoms with Gasteiger partial charge in [0.05, 0.1) is 14.2 Å². The topological polar surface area (TPSA) is 44.8 Å². The standard InChI is InChI=1S/C12H14F2O4/c1-16-9-5-3-4-8(6-7-10(15)17-2)11(9)18-12(13)14/h3-5,12H,6-7H2,1-2H3. The van der Waals surface area contributed by atoms with Crippen molar-refractivity contribution >= 4 is 5.97 Å². The average Bonchev–Trinajstić information content (AvgIpc) is 2.36. The van der Waals surface area contributed by atoms with Gasteiger partial charge in [0.25, 0.3) is 0 Å². The molecule has 0 saturated heterocycles. The van der Waals surface area contributed by atoms with E-state index < -0.39 is 12.6 Å². The van der Waals surface area contributed by atoms with Crippen LogP contribution in [0.1, 0.15) is 12.0 Å². The summed E-state index contributed by atoms with van der Waals surface area (Å²) in [5, 5.41) is 0. The van der Waals surface area contributed by atoms with Gasteiger partial charge in [-0.3, -0.25) is 4.79 Å². The fourth-order valence-electron chi connectivity index (χ4n) is 1.48. The highest BCUT2D eigenvalue weighted by molar-refractivity contribution is 5.69. The highest BCUT2D eigenvalue weighted by Gasteiger charge is 2.16. The maximum atomic E-state index is 12.3. The molecule has 0 amide bonds. The number of carbonyl (C=O) groups is 1. The largest absolute Gasteiger partial charge is 0.493 e. The van der Waals surface area contributed by atoms with Gasteiger partial charge in [0.1, 0.15) is 0 Å². The Morgan fingerprint density at radius 3 is 2.61 bits per heavy atom. The van der Waals surface area contributed by atoms with E-state index in [2.05, 4.69) is 9.47 Å². The first-order chi connectivity index (χ1) is 8.58. The number of halogens is 2. The predicted molar refractivity (Wildman–Crippen MR) is 60.0 cm³/mol. The molecule has 0 fully saturated rings. The third kappa shape index (κ3) is 3.87. The van der Waals surface area contributed by atoms with Gasteiger partial charge in [-0.15, -0.1) is 0 Å². The molecule has 100 valence electrons. The van der Waals surface area contributed by atoms with Crippen LogP contribution >= 0.6 is 0 Å². The van der Waals surface area contributed by atoms with Crippen LogP contribution in [0.4, 0.5) is 8.78 Å². The van der Waals surface area contributed by atoms with E-state index in [1.54, 1.807) is 12.1 Å². The van der Waals surface area contributed by atoms with Crippen LogP contribution in [0.15, 0.2) is 18.2 Å². The number of ether oxygens (including phenoxy) is 3. The van der Waals surface area contributed by atoms with Crippen molar-refractivity contribution in [2.75, 3.05) is 14.2 Å². The lowest BCUT2D eigenvalue weighted by Gasteiger charge is -2.13. The second-order valence-electron chi connectivity index (χ2n) is 3.40. The Hall–Kier alpha value is -1.85. The number of methoxy groups -OCH3 is 2. The van der Waals surface area contributed by atoms with Crippen molar-refractivity contribution in [2.24, 2.45) is 0 Å². The van der Waals surface area contributed by atoms with Gasteiger partial charge in [-0.1, -0.05) is 12.1 Å². The first kappa shape index (κ1) is 14.2. The molecule has 0 aliphatic rings. The van der Waals surface area contributed by atoms with Crippen LogP contribution in [-0.4, -0.2) is 26.8 Å². The van der Waals surface area contributed by atoms with Crippen molar-refractivity contribution < 1.29 is 27.8 Å². The van der Waals surface area contributed by atoms with Gasteiger partial charge in [0.15, 0.2) is 11.5 Å². The number of benzene rings is 1. The minimum absolute atomic E-state index is 0.0427. The molecule has 0 aliphatic carbocycles. The highest BCUT2D eigenvalue weighted by atomic mass is 19.3. The molecule has 0 heterocycles. The number of hydrogen-bond acceptors (Lipinski definition) is 4. The molecule has 18 heavy (non-hydrogen) atoms. The van der Waals surface area contributed by atoms with Crippen LogP contribution in [-0.2, 0) is 16.0 Å². The summed E-state index contributed by atoms with van der Waals surface area (Å²) in [4.78, 5) is 11.0. The van der Waals surface area contributed by atoms with Gasteiger partial charge in [-0.2, -0.15) is 8.78 Å². The summed E-state index contributed by atoms with van der Waals surface area (Å²) in [6.07, 6.45) is 0.329. The molecule has 4 nitrogen and oxygen atoms in total. The number of hydrogen-bond donors (Lipinski definition) is 0. The van der Waals surface area contributed by atoms with E-state index in [4.69, 9.17) is 4.74 Å². The summed E-state index contributed by atoms with van der Waals surface area (Å²) in [6.45, 7) is -2.95. The first-order valence-electron chi connectivity index (χ1n) is 5.26. The summed E-state index contributed by atoms with van der Waals surface area (Å²) in [5.41, 5.74) is 0.472. The van der Waals surface area contributed by atoms with Crippen LogP contribution in [0.25, 0.3) is 0 Å². The van der Waals surface area contributed by atoms with Crippen molar-refractivity contribution in [2.45, 2.75) is 19.5 Å². The van der Waals surface area contributed by atoms with Gasteiger partial charge in [0, 0.05) is 6.42 Å². The molecule has 0 atom stereocenters. The number of carbonyl (C=O) groups excluding carboxylic acids is 1. The Morgan fingerprint density at radius 2 is 2.06 bits per heavy atom. The predicted octanol–water partition coefficient (Wildman–Crippen LogP) is 2.40. The zero-order valence-corrected chi connectivity index (χ0v) is 10.1. The van der Waals surface area contributed by atoms with Gasteiger partial charge in [-0.05, 0) is 18.1 Å². The Balaban J connectivity index is 2.91. The fourth-order valence-corrected chi connectivity index (χ4v) is 1.48. The molecule has 0 N–H and O–H groups in total. The van der Waals surface area contributed by atoms with Crippen molar-refractivity contribution in [1.29, 1.82) is 0 Å². The number of rotatable bonds is 6. The summed E-state index contributed by atoms with van der Waals surface area (Å²) in [5.74, 6) is -0.252. The smallest absolute Gasteiger partial charge is 0.387 e. The Bertz CT molecular complexity index is 407. The van der Waals surface area contributed by atoms with Crippen LogP contribution < -0.4 is 9.47 Å². The molecule has 1 rings (SSSR count). The molecule has 6 heteroatoms. The van der Waals surface area contributed by atoms with Crippen molar-refractivity contribution in [3.05, 3.63) is 23.8 Å². The second-order valence-corrected chi connectivity index (χ2v) is 3.40. The third-order valence-electron chi connectivity index (χ3n) is 2.31. The van der Waals surface area contributed by atoms with Crippen molar-refractivity contribution in [1.82, 2.24) is 0 Å². The normalized spacial score (nSPS) is 10.3. The average molecular weight is 260 g/mol. The number of aryl methyl sites for hydroxylation is 1. The quantitative estimate of drug-likeness (QED) is 0.737. The highest BCUT2D eigenvalue weighted by Crippen LogP contribution is 2.33. The number of para-hydroxylation sites is 1. The SMILES string of the molecule is COC(=O)CCc1cccc(OC)c1OC(F)F. The van der Waals surface area contributed by atoms with Crippen molar-refractivity contribution in [3.8, 4) is 11.5 Å². The van der Waals surface area contributed by atoms with Gasteiger partial charge >= 0.3 is 12.6 Å². The van der Waals surface area contributed by atoms with Crippen LogP contribution in [0.5, 0.6) is 11.5 Å². The zero-order valence-electron chi connectivity index (χ0n) is 10.1. The number of alkyl halides is 2. The third-order valence-corrected chi connectivity index (χ3v) is 2.31. The molecule has 0 aliphatic heterocycles.